The van der Waals surface area contributed by atoms with Gasteiger partial charge in [0.15, 0.2) is 0 Å². The van der Waals surface area contributed by atoms with Crippen molar-refractivity contribution in [2.24, 2.45) is 5.10 Å². The topological polar surface area (TPSA) is 106 Å². The number of nitriles is 1. The molecule has 1 aromatic heterocycles. The summed E-state index contributed by atoms with van der Waals surface area (Å²) in [4.78, 5) is 18.6. The summed E-state index contributed by atoms with van der Waals surface area (Å²) in [6, 6.07) is 7.11. The van der Waals surface area contributed by atoms with Crippen molar-refractivity contribution < 1.29 is 4.79 Å². The minimum atomic E-state index is -0.534. The third-order valence-corrected chi connectivity index (χ3v) is 2.45. The van der Waals surface area contributed by atoms with E-state index in [9.17, 15) is 4.79 Å². The predicted molar refractivity (Wildman–Crippen MR) is 71.6 cm³/mol. The monoisotopic (exact) mass is 256 g/mol. The van der Waals surface area contributed by atoms with E-state index in [0.717, 1.165) is 16.9 Å². The fourth-order valence-corrected chi connectivity index (χ4v) is 1.57. The number of rotatable bonds is 3. The lowest BCUT2D eigenvalue weighted by Gasteiger charge is -2.01. The Balaban J connectivity index is 2.24. The van der Waals surface area contributed by atoms with Gasteiger partial charge in [0.05, 0.1) is 16.7 Å². The lowest BCUT2D eigenvalue weighted by molar-refractivity contribution is -0.114. The van der Waals surface area contributed by atoms with Crippen LogP contribution in [0.5, 0.6) is 0 Å². The number of hydrogen-bond acceptors (Lipinski definition) is 5. The summed E-state index contributed by atoms with van der Waals surface area (Å²) in [7, 11) is 1.44. The first-order valence-corrected chi connectivity index (χ1v) is 5.56. The fraction of sp³-hybridized carbons (Fsp3) is 0.167. The molecule has 0 unspecified atom stereocenters. The Bertz CT molecular complexity index is 694. The Labute approximate surface area is 109 Å². The van der Waals surface area contributed by atoms with E-state index in [1.165, 1.54) is 7.05 Å². The molecule has 0 saturated heterocycles. The summed E-state index contributed by atoms with van der Waals surface area (Å²) < 4.78 is 0. The number of carbonyl (C=O) groups is 1. The van der Waals surface area contributed by atoms with Crippen LogP contribution in [0.2, 0.25) is 0 Å². The Kier molecular flexibility index (Phi) is 3.43. The standard InChI is InChI=1S/C12H12N6O/c1-7-15-9-4-3-8(5-10(9)16-7)17-18-11(6-13)12(19)14-2/h3-5,17H,1-2H3,(H,14,19)(H,15,16)/b18-11-. The van der Waals surface area contributed by atoms with Gasteiger partial charge >= 0.3 is 0 Å². The molecule has 1 aromatic carbocycles. The molecule has 7 nitrogen and oxygen atoms in total. The number of amides is 1. The van der Waals surface area contributed by atoms with Crippen LogP contribution in [-0.2, 0) is 4.79 Å². The quantitative estimate of drug-likeness (QED) is 0.560. The molecule has 0 aliphatic heterocycles. The molecule has 96 valence electrons. The van der Waals surface area contributed by atoms with Gasteiger partial charge in [-0.2, -0.15) is 10.4 Å². The average molecular weight is 256 g/mol. The van der Waals surface area contributed by atoms with Gasteiger partial charge in [0, 0.05) is 7.05 Å². The Morgan fingerprint density at radius 2 is 2.32 bits per heavy atom. The molecule has 2 aromatic rings. The van der Waals surface area contributed by atoms with Crippen molar-refractivity contribution in [3.63, 3.8) is 0 Å². The molecule has 3 N–H and O–H groups in total. The van der Waals surface area contributed by atoms with E-state index < -0.39 is 5.91 Å². The van der Waals surface area contributed by atoms with Crippen molar-refractivity contribution in [2.75, 3.05) is 12.5 Å². The van der Waals surface area contributed by atoms with Crippen LogP contribution in [-0.4, -0.2) is 28.6 Å². The normalized spacial score (nSPS) is 11.1. The third kappa shape index (κ3) is 2.69. The van der Waals surface area contributed by atoms with E-state index in [1.807, 2.05) is 13.0 Å². The number of hydrogen-bond donors (Lipinski definition) is 3. The SMILES string of the molecule is CNC(=O)/C(C#N)=N\Nc1ccc2nc(C)[nH]c2c1. The lowest BCUT2D eigenvalue weighted by atomic mass is 10.3. The van der Waals surface area contributed by atoms with E-state index in [-0.39, 0.29) is 5.71 Å². The molecule has 0 bridgehead atoms. The van der Waals surface area contributed by atoms with Gasteiger partial charge in [-0.05, 0) is 25.1 Å². The van der Waals surface area contributed by atoms with Crippen molar-refractivity contribution in [2.45, 2.75) is 6.92 Å². The molecule has 0 aliphatic carbocycles. The predicted octanol–water partition coefficient (Wildman–Crippen LogP) is 0.909. The number of aromatic amines is 1. The molecular weight excluding hydrogens is 244 g/mol. The van der Waals surface area contributed by atoms with Gasteiger partial charge in [-0.3, -0.25) is 10.2 Å². The molecule has 1 heterocycles. The second-order valence-electron chi connectivity index (χ2n) is 3.82. The molecular formula is C12H12N6O. The molecule has 19 heavy (non-hydrogen) atoms. The van der Waals surface area contributed by atoms with Crippen LogP contribution < -0.4 is 10.7 Å². The minimum Gasteiger partial charge on any atom is -0.353 e. The number of aryl methyl sites for hydroxylation is 1. The summed E-state index contributed by atoms with van der Waals surface area (Å²) >= 11 is 0. The number of nitrogens with zero attached hydrogens (tertiary/aromatic N) is 3. The molecule has 0 atom stereocenters. The number of hydrazone groups is 1. The van der Waals surface area contributed by atoms with Gasteiger partial charge in [0.1, 0.15) is 11.9 Å². The summed E-state index contributed by atoms with van der Waals surface area (Å²) in [5.41, 5.74) is 4.80. The van der Waals surface area contributed by atoms with Gasteiger partial charge in [-0.25, -0.2) is 4.98 Å². The molecule has 0 fully saturated rings. The molecule has 1 amide bonds. The maximum absolute atomic E-state index is 11.3. The van der Waals surface area contributed by atoms with E-state index in [2.05, 4.69) is 25.8 Å². The lowest BCUT2D eigenvalue weighted by Crippen LogP contribution is -2.27. The fourth-order valence-electron chi connectivity index (χ4n) is 1.57. The third-order valence-electron chi connectivity index (χ3n) is 2.45. The van der Waals surface area contributed by atoms with Crippen LogP contribution >= 0.6 is 0 Å². The first kappa shape index (κ1) is 12.6. The van der Waals surface area contributed by atoms with Gasteiger partial charge in [0.2, 0.25) is 5.71 Å². The van der Waals surface area contributed by atoms with E-state index in [0.29, 0.717) is 5.69 Å². The van der Waals surface area contributed by atoms with E-state index in [1.54, 1.807) is 18.2 Å². The Hall–Kier alpha value is -2.88. The zero-order chi connectivity index (χ0) is 13.8. The highest BCUT2D eigenvalue weighted by molar-refractivity contribution is 6.45. The Morgan fingerprint density at radius 1 is 1.53 bits per heavy atom. The van der Waals surface area contributed by atoms with E-state index in [4.69, 9.17) is 5.26 Å². The number of benzene rings is 1. The number of aromatic nitrogens is 2. The van der Waals surface area contributed by atoms with Crippen molar-refractivity contribution in [1.82, 2.24) is 15.3 Å². The summed E-state index contributed by atoms with van der Waals surface area (Å²) in [5.74, 6) is 0.284. The molecule has 0 spiro atoms. The number of fused-ring (bicyclic) bond motifs is 1. The minimum absolute atomic E-state index is 0.233. The van der Waals surface area contributed by atoms with Gasteiger partial charge in [-0.15, -0.1) is 0 Å². The first-order chi connectivity index (χ1) is 9.13. The largest absolute Gasteiger partial charge is 0.353 e. The zero-order valence-corrected chi connectivity index (χ0v) is 10.5. The highest BCUT2D eigenvalue weighted by Gasteiger charge is 2.08. The van der Waals surface area contributed by atoms with Crippen LogP contribution in [0, 0.1) is 18.3 Å². The molecule has 7 heteroatoms. The maximum Gasteiger partial charge on any atom is 0.282 e. The number of carbonyl (C=O) groups excluding carboxylic acids is 1. The van der Waals surface area contributed by atoms with Crippen LogP contribution in [0.3, 0.4) is 0 Å². The van der Waals surface area contributed by atoms with E-state index >= 15 is 0 Å². The number of anilines is 1. The highest BCUT2D eigenvalue weighted by atomic mass is 16.1. The van der Waals surface area contributed by atoms with Gasteiger partial charge in [-0.1, -0.05) is 0 Å². The molecule has 2 rings (SSSR count). The van der Waals surface area contributed by atoms with Crippen LogP contribution in [0.25, 0.3) is 11.0 Å². The summed E-state index contributed by atoms with van der Waals surface area (Å²) in [6.07, 6.45) is 0. The summed E-state index contributed by atoms with van der Waals surface area (Å²) in [6.45, 7) is 1.87. The van der Waals surface area contributed by atoms with Crippen LogP contribution in [0.15, 0.2) is 23.3 Å². The maximum atomic E-state index is 11.3. The second-order valence-corrected chi connectivity index (χ2v) is 3.82. The van der Waals surface area contributed by atoms with Gasteiger partial charge in [0.25, 0.3) is 5.91 Å². The smallest absolute Gasteiger partial charge is 0.282 e. The number of imidazole rings is 1. The average Bonchev–Trinajstić information content (AvgIpc) is 2.78. The van der Waals surface area contributed by atoms with Crippen molar-refractivity contribution in [1.29, 1.82) is 5.26 Å². The van der Waals surface area contributed by atoms with Crippen molar-refractivity contribution in [3.8, 4) is 6.07 Å². The zero-order valence-electron chi connectivity index (χ0n) is 10.5. The molecule has 0 saturated carbocycles. The first-order valence-electron chi connectivity index (χ1n) is 5.56. The van der Waals surface area contributed by atoms with Crippen molar-refractivity contribution >= 4 is 28.3 Å². The summed E-state index contributed by atoms with van der Waals surface area (Å²) in [5, 5.41) is 14.9. The Morgan fingerprint density at radius 3 is 3.00 bits per heavy atom. The van der Waals surface area contributed by atoms with Gasteiger partial charge < -0.3 is 10.3 Å². The highest BCUT2D eigenvalue weighted by Crippen LogP contribution is 2.16. The van der Waals surface area contributed by atoms with Crippen molar-refractivity contribution in [3.05, 3.63) is 24.0 Å². The number of nitrogens with one attached hydrogen (secondary N) is 3. The van der Waals surface area contributed by atoms with Crippen LogP contribution in [0.1, 0.15) is 5.82 Å². The number of H-pyrrole nitrogens is 1. The van der Waals surface area contributed by atoms with Crippen LogP contribution in [0.4, 0.5) is 5.69 Å². The molecule has 0 aliphatic rings. The second kappa shape index (κ2) is 5.18. The molecule has 0 radical (unpaired) electrons.